The Bertz CT molecular complexity index is 80.9. The highest BCUT2D eigenvalue weighted by atomic mass is 35.5. The Kier molecular flexibility index (Phi) is 9.15. The fourth-order valence-electron chi connectivity index (χ4n) is 0.183. The molecule has 46 valence electrons. The largest absolute Gasteiger partial charge is 0.232 e. The zero-order chi connectivity index (χ0) is 4.99. The third-order valence-corrected chi connectivity index (χ3v) is 1.22. The van der Waals surface area contributed by atoms with Crippen LogP contribution in [0.25, 0.3) is 0 Å². The van der Waals surface area contributed by atoms with Crippen LogP contribution in [0, 0.1) is 0 Å². The van der Waals surface area contributed by atoms with Gasteiger partial charge < -0.3 is 0 Å². The lowest BCUT2D eigenvalue weighted by atomic mass is 10.6. The Hall–Kier alpha value is 0.240. The molecule has 0 saturated carbocycles. The highest BCUT2D eigenvalue weighted by Crippen LogP contribution is 1.71. The summed E-state index contributed by atoms with van der Waals surface area (Å²) < 4.78 is 19.3. The summed E-state index contributed by atoms with van der Waals surface area (Å²) in [7, 11) is -2.10. The van der Waals surface area contributed by atoms with Crippen LogP contribution in [0.1, 0.15) is 13.3 Å². The lowest BCUT2D eigenvalue weighted by Crippen LogP contribution is -1.80. The monoisotopic (exact) mass is 144 g/mol. The highest BCUT2D eigenvalue weighted by Gasteiger charge is 1.75. The van der Waals surface area contributed by atoms with Crippen molar-refractivity contribution in [3.8, 4) is 0 Å². The lowest BCUT2D eigenvalue weighted by molar-refractivity contribution is 0.613. The van der Waals surface area contributed by atoms with Gasteiger partial charge in [-0.15, -0.1) is 12.4 Å². The Morgan fingerprint density at radius 2 is 1.86 bits per heavy atom. The molecule has 0 bridgehead atoms. The molecule has 0 aliphatic heterocycles. The molecule has 0 aliphatic carbocycles. The summed E-state index contributed by atoms with van der Waals surface area (Å²) in [5.41, 5.74) is 0. The standard InChI is InChI=1S/C3H8O2S.ClH/c1-2-3-6(4)5;/h6H,2-3H2,1H3;1H. The molecule has 0 radical (unpaired) electrons. The zero-order valence-electron chi connectivity index (χ0n) is 4.09. The maximum atomic E-state index is 9.64. The van der Waals surface area contributed by atoms with E-state index in [9.17, 15) is 8.42 Å². The van der Waals surface area contributed by atoms with Gasteiger partial charge in [0.15, 0.2) is 0 Å². The third-order valence-electron chi connectivity index (χ3n) is 0.406. The van der Waals surface area contributed by atoms with Crippen molar-refractivity contribution in [1.82, 2.24) is 0 Å². The van der Waals surface area contributed by atoms with Crippen LogP contribution in [0.5, 0.6) is 0 Å². The van der Waals surface area contributed by atoms with E-state index in [1.165, 1.54) is 0 Å². The molecule has 0 saturated heterocycles. The predicted octanol–water partition coefficient (Wildman–Crippen LogP) is 0.430. The quantitative estimate of drug-likeness (QED) is 0.571. The van der Waals surface area contributed by atoms with Gasteiger partial charge in [-0.05, 0) is 6.42 Å². The molecule has 0 aromatic carbocycles. The van der Waals surface area contributed by atoms with E-state index in [0.29, 0.717) is 5.75 Å². The van der Waals surface area contributed by atoms with Gasteiger partial charge in [0.25, 0.3) is 0 Å². The average molecular weight is 145 g/mol. The third kappa shape index (κ3) is 10.7. The van der Waals surface area contributed by atoms with Gasteiger partial charge in [-0.1, -0.05) is 6.92 Å². The molecule has 0 N–H and O–H groups in total. The first-order chi connectivity index (χ1) is 2.77. The van der Waals surface area contributed by atoms with E-state index >= 15 is 0 Å². The first kappa shape index (κ1) is 10.3. The van der Waals surface area contributed by atoms with Crippen molar-refractivity contribution < 1.29 is 8.42 Å². The van der Waals surface area contributed by atoms with Crippen LogP contribution in [-0.2, 0) is 10.7 Å². The molecule has 0 rings (SSSR count). The van der Waals surface area contributed by atoms with Crippen molar-refractivity contribution in [2.75, 3.05) is 5.75 Å². The predicted molar refractivity (Wildman–Crippen MR) is 32.7 cm³/mol. The second kappa shape index (κ2) is 6.24. The smallest absolute Gasteiger partial charge is 0.140 e. The zero-order valence-corrected chi connectivity index (χ0v) is 5.80. The number of halogens is 1. The minimum absolute atomic E-state index is 0. The molecule has 0 spiro atoms. The van der Waals surface area contributed by atoms with Gasteiger partial charge >= 0.3 is 0 Å². The van der Waals surface area contributed by atoms with E-state index in [0.717, 1.165) is 6.42 Å². The van der Waals surface area contributed by atoms with Crippen molar-refractivity contribution in [2.24, 2.45) is 0 Å². The van der Waals surface area contributed by atoms with E-state index in [1.54, 1.807) is 0 Å². The number of hydrogen-bond donors (Lipinski definition) is 1. The summed E-state index contributed by atoms with van der Waals surface area (Å²) >= 11 is 0. The minimum atomic E-state index is -2.10. The normalized spacial score (nSPS) is 8.29. The van der Waals surface area contributed by atoms with Crippen LogP contribution in [0.15, 0.2) is 0 Å². The van der Waals surface area contributed by atoms with Crippen LogP contribution >= 0.6 is 12.4 Å². The summed E-state index contributed by atoms with van der Waals surface area (Å²) in [4.78, 5) is 0. The van der Waals surface area contributed by atoms with E-state index in [1.807, 2.05) is 6.92 Å². The minimum Gasteiger partial charge on any atom is -0.232 e. The van der Waals surface area contributed by atoms with Gasteiger partial charge in [0.05, 0.1) is 0 Å². The van der Waals surface area contributed by atoms with Gasteiger partial charge in [-0.2, -0.15) is 0 Å². The molecule has 4 heteroatoms. The highest BCUT2D eigenvalue weighted by molar-refractivity contribution is 7.72. The van der Waals surface area contributed by atoms with Crippen LogP contribution in [0.3, 0.4) is 0 Å². The van der Waals surface area contributed by atoms with Crippen LogP contribution in [-0.4, -0.2) is 14.2 Å². The summed E-state index contributed by atoms with van der Waals surface area (Å²) in [5.74, 6) is 0.329. The number of thiol groups is 1. The SMILES string of the molecule is CCC[SH](=O)=O.Cl. The molecular formula is C3H9ClO2S. The summed E-state index contributed by atoms with van der Waals surface area (Å²) in [5, 5.41) is 0. The van der Waals surface area contributed by atoms with E-state index < -0.39 is 10.7 Å². The molecule has 2 nitrogen and oxygen atoms in total. The van der Waals surface area contributed by atoms with Crippen LogP contribution < -0.4 is 0 Å². The average Bonchev–Trinajstić information content (AvgIpc) is 1.35. The molecule has 0 aromatic rings. The van der Waals surface area contributed by atoms with E-state index in [-0.39, 0.29) is 12.4 Å². The second-order valence-electron chi connectivity index (χ2n) is 1.06. The van der Waals surface area contributed by atoms with Gasteiger partial charge in [0.1, 0.15) is 10.7 Å². The lowest BCUT2D eigenvalue weighted by Gasteiger charge is -1.72. The van der Waals surface area contributed by atoms with Crippen molar-refractivity contribution in [1.29, 1.82) is 0 Å². The summed E-state index contributed by atoms with van der Waals surface area (Å²) in [6, 6.07) is 0. The van der Waals surface area contributed by atoms with Crippen molar-refractivity contribution >= 4 is 23.1 Å². The van der Waals surface area contributed by atoms with Crippen molar-refractivity contribution in [3.05, 3.63) is 0 Å². The molecule has 7 heavy (non-hydrogen) atoms. The van der Waals surface area contributed by atoms with Gasteiger partial charge in [0, 0.05) is 5.75 Å². The Labute approximate surface area is 51.3 Å². The van der Waals surface area contributed by atoms with E-state index in [4.69, 9.17) is 0 Å². The first-order valence-electron chi connectivity index (χ1n) is 1.89. The molecule has 0 amide bonds. The van der Waals surface area contributed by atoms with Gasteiger partial charge in [0.2, 0.25) is 0 Å². The maximum absolute atomic E-state index is 9.64. The molecule has 0 aliphatic rings. The molecular weight excluding hydrogens is 136 g/mol. The Balaban J connectivity index is 0. The molecule has 0 fully saturated rings. The Morgan fingerprint density at radius 3 is 1.86 bits per heavy atom. The first-order valence-corrected chi connectivity index (χ1v) is 3.25. The molecule has 0 unspecified atom stereocenters. The van der Waals surface area contributed by atoms with Gasteiger partial charge in [-0.3, -0.25) is 0 Å². The van der Waals surface area contributed by atoms with Crippen molar-refractivity contribution in [2.45, 2.75) is 13.3 Å². The second-order valence-corrected chi connectivity index (χ2v) is 2.17. The van der Waals surface area contributed by atoms with Crippen LogP contribution in [0.2, 0.25) is 0 Å². The molecule has 0 atom stereocenters. The van der Waals surface area contributed by atoms with Crippen LogP contribution in [0.4, 0.5) is 0 Å². The van der Waals surface area contributed by atoms with Gasteiger partial charge in [-0.25, -0.2) is 8.42 Å². The van der Waals surface area contributed by atoms with Crippen molar-refractivity contribution in [3.63, 3.8) is 0 Å². The fourth-order valence-corrected chi connectivity index (χ4v) is 0.548. The molecule has 0 heterocycles. The number of rotatable bonds is 2. The summed E-state index contributed by atoms with van der Waals surface area (Å²) in [6.07, 6.45) is 0.735. The Morgan fingerprint density at radius 1 is 1.43 bits per heavy atom. The summed E-state index contributed by atoms with van der Waals surface area (Å²) in [6.45, 7) is 1.84. The number of hydrogen-bond acceptors (Lipinski definition) is 2. The topological polar surface area (TPSA) is 34.1 Å². The molecule has 0 aromatic heterocycles. The fraction of sp³-hybridized carbons (Fsp3) is 1.00. The maximum Gasteiger partial charge on any atom is 0.140 e. The van der Waals surface area contributed by atoms with E-state index in [2.05, 4.69) is 0 Å².